The standard InChI is InChI=1S/C17H26O2/c1-4-19-16-11-12(2)15(10-13(16)3)17(18)14-8-6-5-7-9-14/h10-11,14,17-18H,4-9H2,1-3H3. The summed E-state index contributed by atoms with van der Waals surface area (Å²) in [6, 6.07) is 4.18. The van der Waals surface area contributed by atoms with E-state index in [0.29, 0.717) is 12.5 Å². The fraction of sp³-hybridized carbons (Fsp3) is 0.647. The van der Waals surface area contributed by atoms with Crippen LogP contribution >= 0.6 is 0 Å². The van der Waals surface area contributed by atoms with Crippen LogP contribution in [-0.4, -0.2) is 11.7 Å². The molecule has 0 aliphatic heterocycles. The molecule has 1 aromatic rings. The van der Waals surface area contributed by atoms with Crippen molar-refractivity contribution in [3.8, 4) is 5.75 Å². The molecule has 0 bridgehead atoms. The van der Waals surface area contributed by atoms with E-state index in [1.54, 1.807) is 0 Å². The molecule has 19 heavy (non-hydrogen) atoms. The molecule has 0 aromatic heterocycles. The zero-order chi connectivity index (χ0) is 13.8. The van der Waals surface area contributed by atoms with E-state index in [2.05, 4.69) is 26.0 Å². The molecule has 2 heteroatoms. The van der Waals surface area contributed by atoms with Gasteiger partial charge in [-0.2, -0.15) is 0 Å². The minimum atomic E-state index is -0.310. The highest BCUT2D eigenvalue weighted by atomic mass is 16.5. The maximum absolute atomic E-state index is 10.6. The Kier molecular flexibility index (Phi) is 4.87. The summed E-state index contributed by atoms with van der Waals surface area (Å²) in [5.74, 6) is 1.38. The molecule has 0 saturated heterocycles. The largest absolute Gasteiger partial charge is 0.494 e. The number of ether oxygens (including phenoxy) is 1. The second-order valence-corrected chi connectivity index (χ2v) is 5.75. The van der Waals surface area contributed by atoms with Gasteiger partial charge in [0.05, 0.1) is 12.7 Å². The highest BCUT2D eigenvalue weighted by molar-refractivity contribution is 5.42. The van der Waals surface area contributed by atoms with Crippen molar-refractivity contribution >= 4 is 0 Å². The Balaban J connectivity index is 2.21. The number of benzene rings is 1. The van der Waals surface area contributed by atoms with Crippen molar-refractivity contribution in [3.63, 3.8) is 0 Å². The molecule has 2 rings (SSSR count). The van der Waals surface area contributed by atoms with Crippen LogP contribution in [-0.2, 0) is 0 Å². The quantitative estimate of drug-likeness (QED) is 0.876. The molecule has 1 unspecified atom stereocenters. The zero-order valence-electron chi connectivity index (χ0n) is 12.4. The van der Waals surface area contributed by atoms with Crippen LogP contribution in [0, 0.1) is 19.8 Å². The Morgan fingerprint density at radius 1 is 1.16 bits per heavy atom. The van der Waals surface area contributed by atoms with Crippen molar-refractivity contribution < 1.29 is 9.84 Å². The molecule has 1 atom stereocenters. The fourth-order valence-corrected chi connectivity index (χ4v) is 3.15. The van der Waals surface area contributed by atoms with Gasteiger partial charge in [0, 0.05) is 0 Å². The van der Waals surface area contributed by atoms with Crippen LogP contribution in [0.1, 0.15) is 61.8 Å². The molecule has 106 valence electrons. The molecule has 0 amide bonds. The smallest absolute Gasteiger partial charge is 0.122 e. The first-order chi connectivity index (χ1) is 9.13. The van der Waals surface area contributed by atoms with Gasteiger partial charge >= 0.3 is 0 Å². The van der Waals surface area contributed by atoms with Crippen LogP contribution in [0.15, 0.2) is 12.1 Å². The van der Waals surface area contributed by atoms with Crippen LogP contribution < -0.4 is 4.74 Å². The lowest BCUT2D eigenvalue weighted by molar-refractivity contribution is 0.0842. The summed E-state index contributed by atoms with van der Waals surface area (Å²) < 4.78 is 5.62. The van der Waals surface area contributed by atoms with Gasteiger partial charge in [-0.3, -0.25) is 0 Å². The van der Waals surface area contributed by atoms with Crippen molar-refractivity contribution in [1.29, 1.82) is 0 Å². The molecule has 1 aromatic carbocycles. The van der Waals surface area contributed by atoms with E-state index in [0.717, 1.165) is 35.3 Å². The number of aryl methyl sites for hydroxylation is 2. The molecule has 1 aliphatic carbocycles. The van der Waals surface area contributed by atoms with Gasteiger partial charge in [0.15, 0.2) is 0 Å². The average molecular weight is 262 g/mol. The summed E-state index contributed by atoms with van der Waals surface area (Å²) >= 11 is 0. The predicted molar refractivity (Wildman–Crippen MR) is 78.6 cm³/mol. The predicted octanol–water partition coefficient (Wildman–Crippen LogP) is 4.32. The summed E-state index contributed by atoms with van der Waals surface area (Å²) in [7, 11) is 0. The Hall–Kier alpha value is -1.02. The summed E-state index contributed by atoms with van der Waals surface area (Å²) in [4.78, 5) is 0. The zero-order valence-corrected chi connectivity index (χ0v) is 12.4. The van der Waals surface area contributed by atoms with Gasteiger partial charge in [0.1, 0.15) is 5.75 Å². The van der Waals surface area contributed by atoms with Gasteiger partial charge in [-0.05, 0) is 68.4 Å². The summed E-state index contributed by atoms with van der Waals surface area (Å²) in [5, 5.41) is 10.6. The minimum Gasteiger partial charge on any atom is -0.494 e. The Bertz CT molecular complexity index is 420. The molecule has 0 spiro atoms. The normalized spacial score (nSPS) is 18.3. The molecule has 1 fully saturated rings. The minimum absolute atomic E-state index is 0.310. The monoisotopic (exact) mass is 262 g/mol. The van der Waals surface area contributed by atoms with Gasteiger partial charge in [0.2, 0.25) is 0 Å². The van der Waals surface area contributed by atoms with E-state index in [9.17, 15) is 5.11 Å². The van der Waals surface area contributed by atoms with Crippen molar-refractivity contribution in [3.05, 3.63) is 28.8 Å². The summed E-state index contributed by atoms with van der Waals surface area (Å²) in [6.45, 7) is 6.81. The van der Waals surface area contributed by atoms with Crippen molar-refractivity contribution in [1.82, 2.24) is 0 Å². The van der Waals surface area contributed by atoms with E-state index in [4.69, 9.17) is 4.74 Å². The molecule has 0 heterocycles. The van der Waals surface area contributed by atoms with Gasteiger partial charge in [-0.15, -0.1) is 0 Å². The van der Waals surface area contributed by atoms with Crippen LogP contribution in [0.3, 0.4) is 0 Å². The number of hydrogen-bond donors (Lipinski definition) is 1. The van der Waals surface area contributed by atoms with Crippen LogP contribution in [0.25, 0.3) is 0 Å². The first kappa shape index (κ1) is 14.4. The van der Waals surface area contributed by atoms with Gasteiger partial charge < -0.3 is 9.84 Å². The van der Waals surface area contributed by atoms with Crippen LogP contribution in [0.2, 0.25) is 0 Å². The summed E-state index contributed by atoms with van der Waals surface area (Å²) in [5.41, 5.74) is 3.36. The fourth-order valence-electron chi connectivity index (χ4n) is 3.15. The third-order valence-corrected chi connectivity index (χ3v) is 4.28. The van der Waals surface area contributed by atoms with Gasteiger partial charge in [-0.1, -0.05) is 19.3 Å². The lowest BCUT2D eigenvalue weighted by Gasteiger charge is -2.28. The van der Waals surface area contributed by atoms with Crippen LogP contribution in [0.5, 0.6) is 5.75 Å². The Morgan fingerprint density at radius 3 is 2.47 bits per heavy atom. The molecule has 2 nitrogen and oxygen atoms in total. The second kappa shape index (κ2) is 6.42. The first-order valence-corrected chi connectivity index (χ1v) is 7.55. The summed E-state index contributed by atoms with van der Waals surface area (Å²) in [6.07, 6.45) is 5.85. The lowest BCUT2D eigenvalue weighted by atomic mass is 9.81. The van der Waals surface area contributed by atoms with E-state index >= 15 is 0 Å². The highest BCUT2D eigenvalue weighted by Gasteiger charge is 2.24. The van der Waals surface area contributed by atoms with Gasteiger partial charge in [0.25, 0.3) is 0 Å². The highest BCUT2D eigenvalue weighted by Crippen LogP contribution is 2.37. The number of hydrogen-bond acceptors (Lipinski definition) is 2. The molecule has 1 aliphatic rings. The molecule has 1 saturated carbocycles. The van der Waals surface area contributed by atoms with Crippen molar-refractivity contribution in [2.24, 2.45) is 5.92 Å². The Labute approximate surface area is 116 Å². The Morgan fingerprint density at radius 2 is 1.84 bits per heavy atom. The van der Waals surface area contributed by atoms with Crippen LogP contribution in [0.4, 0.5) is 0 Å². The number of aliphatic hydroxyl groups excluding tert-OH is 1. The van der Waals surface area contributed by atoms with E-state index < -0.39 is 0 Å². The lowest BCUT2D eigenvalue weighted by Crippen LogP contribution is -2.17. The number of rotatable bonds is 4. The topological polar surface area (TPSA) is 29.5 Å². The van der Waals surface area contributed by atoms with E-state index in [1.165, 1.54) is 19.3 Å². The second-order valence-electron chi connectivity index (χ2n) is 5.75. The molecular weight excluding hydrogens is 236 g/mol. The molecule has 1 N–H and O–H groups in total. The SMILES string of the molecule is CCOc1cc(C)c(C(O)C2CCCCC2)cc1C. The number of aliphatic hydroxyl groups is 1. The maximum atomic E-state index is 10.6. The average Bonchev–Trinajstić information content (AvgIpc) is 2.43. The maximum Gasteiger partial charge on any atom is 0.122 e. The molecule has 0 radical (unpaired) electrons. The van der Waals surface area contributed by atoms with Gasteiger partial charge in [-0.25, -0.2) is 0 Å². The van der Waals surface area contributed by atoms with E-state index in [-0.39, 0.29) is 6.10 Å². The van der Waals surface area contributed by atoms with E-state index in [1.807, 2.05) is 6.92 Å². The third kappa shape index (κ3) is 3.30. The third-order valence-electron chi connectivity index (χ3n) is 4.28. The molecular formula is C17H26O2. The van der Waals surface area contributed by atoms with Crippen molar-refractivity contribution in [2.45, 2.75) is 59.0 Å². The van der Waals surface area contributed by atoms with Crippen molar-refractivity contribution in [2.75, 3.05) is 6.61 Å². The first-order valence-electron chi connectivity index (χ1n) is 7.55.